The molecule has 102 valence electrons. The Labute approximate surface area is 116 Å². The lowest BCUT2D eigenvalue weighted by molar-refractivity contribution is 0.00776. The van der Waals surface area contributed by atoms with Gasteiger partial charge in [0.2, 0.25) is 0 Å². The van der Waals surface area contributed by atoms with E-state index in [1.54, 1.807) is 23.8 Å². The van der Waals surface area contributed by atoms with Crippen LogP contribution in [0.15, 0.2) is 29.1 Å². The second-order valence-electron chi connectivity index (χ2n) is 4.91. The van der Waals surface area contributed by atoms with Crippen LogP contribution >= 0.6 is 11.6 Å². The Morgan fingerprint density at radius 2 is 2.00 bits per heavy atom. The fourth-order valence-electron chi connectivity index (χ4n) is 1.73. The Balaban J connectivity index is 2.43. The molecule has 1 aromatic heterocycles. The molecule has 6 heteroatoms. The third-order valence-corrected chi connectivity index (χ3v) is 3.20. The van der Waals surface area contributed by atoms with Crippen LogP contribution in [0.25, 0.3) is 11.4 Å². The van der Waals surface area contributed by atoms with Crippen molar-refractivity contribution in [1.82, 2.24) is 14.8 Å². The van der Waals surface area contributed by atoms with E-state index in [2.05, 4.69) is 10.2 Å². The van der Waals surface area contributed by atoms with E-state index in [1.807, 2.05) is 26.0 Å². The number of methoxy groups -OCH3 is 1. The van der Waals surface area contributed by atoms with Gasteiger partial charge in [-0.25, -0.2) is 9.89 Å². The molecule has 0 atom stereocenters. The predicted molar refractivity (Wildman–Crippen MR) is 74.4 cm³/mol. The van der Waals surface area contributed by atoms with Gasteiger partial charge in [-0.2, -0.15) is 5.10 Å². The second kappa shape index (κ2) is 5.19. The molecule has 1 N–H and O–H groups in total. The summed E-state index contributed by atoms with van der Waals surface area (Å²) in [6.45, 7) is 4.24. The number of H-pyrrole nitrogens is 1. The lowest BCUT2D eigenvalue weighted by Gasteiger charge is -2.23. The zero-order valence-electron chi connectivity index (χ0n) is 11.1. The minimum absolute atomic E-state index is 0.255. The molecule has 0 unspecified atom stereocenters. The monoisotopic (exact) mass is 281 g/mol. The summed E-state index contributed by atoms with van der Waals surface area (Å²) in [7, 11) is 1.62. The Kier molecular flexibility index (Phi) is 3.78. The molecule has 0 fully saturated rings. The number of benzene rings is 1. The number of halogens is 1. The first-order valence-corrected chi connectivity index (χ1v) is 6.27. The smallest absolute Gasteiger partial charge is 0.343 e. The number of hydrogen-bond acceptors (Lipinski definition) is 3. The highest BCUT2D eigenvalue weighted by molar-refractivity contribution is 6.30. The summed E-state index contributed by atoms with van der Waals surface area (Å²) in [5.41, 5.74) is 0.124. The number of nitrogens with one attached hydrogen (secondary N) is 1. The fraction of sp³-hybridized carbons (Fsp3) is 0.385. The minimum Gasteiger partial charge on any atom is -0.377 e. The van der Waals surface area contributed by atoms with Gasteiger partial charge in [0.15, 0.2) is 5.82 Å². The maximum atomic E-state index is 11.8. The van der Waals surface area contributed by atoms with Crippen LogP contribution in [0.4, 0.5) is 0 Å². The van der Waals surface area contributed by atoms with Crippen molar-refractivity contribution in [3.8, 4) is 11.4 Å². The number of rotatable bonds is 4. The van der Waals surface area contributed by atoms with Gasteiger partial charge >= 0.3 is 5.69 Å². The van der Waals surface area contributed by atoms with Crippen molar-refractivity contribution >= 4 is 11.6 Å². The van der Waals surface area contributed by atoms with E-state index >= 15 is 0 Å². The average Bonchev–Trinajstić information content (AvgIpc) is 2.72. The molecule has 0 aliphatic rings. The van der Waals surface area contributed by atoms with Crippen molar-refractivity contribution in [2.75, 3.05) is 7.11 Å². The third-order valence-electron chi connectivity index (χ3n) is 2.95. The lowest BCUT2D eigenvalue weighted by Crippen LogP contribution is -2.33. The molecular weight excluding hydrogens is 266 g/mol. The maximum absolute atomic E-state index is 11.8. The van der Waals surface area contributed by atoms with Gasteiger partial charge in [0.25, 0.3) is 0 Å². The zero-order valence-corrected chi connectivity index (χ0v) is 11.9. The van der Waals surface area contributed by atoms with Crippen LogP contribution in [0.5, 0.6) is 0 Å². The summed E-state index contributed by atoms with van der Waals surface area (Å²) in [5, 5.41) is 7.17. The second-order valence-corrected chi connectivity index (χ2v) is 5.35. The molecule has 0 bridgehead atoms. The van der Waals surface area contributed by atoms with Crippen molar-refractivity contribution in [2.24, 2.45) is 0 Å². The van der Waals surface area contributed by atoms with Gasteiger partial charge in [-0.05, 0) is 38.1 Å². The van der Waals surface area contributed by atoms with Gasteiger partial charge in [0.1, 0.15) is 0 Å². The molecule has 0 saturated heterocycles. The third kappa shape index (κ3) is 3.05. The molecule has 0 radical (unpaired) electrons. The number of aromatic nitrogens is 3. The Bertz CT molecular complexity index is 614. The van der Waals surface area contributed by atoms with Gasteiger partial charge in [-0.3, -0.25) is 4.57 Å². The first kappa shape index (κ1) is 13.8. The highest BCUT2D eigenvalue weighted by Crippen LogP contribution is 2.20. The molecule has 5 nitrogen and oxygen atoms in total. The van der Waals surface area contributed by atoms with E-state index in [-0.39, 0.29) is 5.69 Å². The highest BCUT2D eigenvalue weighted by atomic mass is 35.5. The average molecular weight is 282 g/mol. The fourth-order valence-corrected chi connectivity index (χ4v) is 1.86. The molecule has 2 rings (SSSR count). The Morgan fingerprint density at radius 3 is 2.58 bits per heavy atom. The minimum atomic E-state index is -0.450. The standard InChI is InChI=1S/C13H16ClN3O2/c1-13(2,19-3)8-17-11(15-16-12(17)18)9-4-6-10(14)7-5-9/h4-7H,8H2,1-3H3,(H,16,18). The topological polar surface area (TPSA) is 59.9 Å². The van der Waals surface area contributed by atoms with E-state index in [0.29, 0.717) is 17.4 Å². The van der Waals surface area contributed by atoms with Crippen LogP contribution in [0, 0.1) is 0 Å². The first-order valence-electron chi connectivity index (χ1n) is 5.89. The number of aromatic amines is 1. The van der Waals surface area contributed by atoms with Crippen LogP contribution in [0.1, 0.15) is 13.8 Å². The van der Waals surface area contributed by atoms with Crippen LogP contribution in [-0.2, 0) is 11.3 Å². The predicted octanol–water partition coefficient (Wildman–Crippen LogP) is 2.32. The summed E-state index contributed by atoms with van der Waals surface area (Å²) in [6, 6.07) is 7.19. The summed E-state index contributed by atoms with van der Waals surface area (Å²) in [6.07, 6.45) is 0. The molecule has 1 aromatic carbocycles. The van der Waals surface area contributed by atoms with E-state index < -0.39 is 5.60 Å². The van der Waals surface area contributed by atoms with E-state index in [4.69, 9.17) is 16.3 Å². The quantitative estimate of drug-likeness (QED) is 0.935. The molecule has 0 aliphatic carbocycles. The van der Waals surface area contributed by atoms with Gasteiger partial charge in [-0.1, -0.05) is 11.6 Å². The van der Waals surface area contributed by atoms with Crippen LogP contribution < -0.4 is 5.69 Å². The Hall–Kier alpha value is -1.59. The summed E-state index contributed by atoms with van der Waals surface area (Å²) in [4.78, 5) is 11.8. The van der Waals surface area contributed by atoms with Gasteiger partial charge in [0.05, 0.1) is 12.1 Å². The van der Waals surface area contributed by atoms with Crippen molar-refractivity contribution < 1.29 is 4.74 Å². The van der Waals surface area contributed by atoms with E-state index in [1.165, 1.54) is 0 Å². The Morgan fingerprint density at radius 1 is 1.37 bits per heavy atom. The first-order chi connectivity index (χ1) is 8.93. The molecule has 0 aliphatic heterocycles. The van der Waals surface area contributed by atoms with E-state index in [0.717, 1.165) is 5.56 Å². The highest BCUT2D eigenvalue weighted by Gasteiger charge is 2.21. The van der Waals surface area contributed by atoms with Gasteiger partial charge in [-0.15, -0.1) is 0 Å². The largest absolute Gasteiger partial charge is 0.377 e. The van der Waals surface area contributed by atoms with Crippen molar-refractivity contribution in [1.29, 1.82) is 0 Å². The molecule has 1 heterocycles. The lowest BCUT2D eigenvalue weighted by atomic mass is 10.1. The zero-order chi connectivity index (χ0) is 14.0. The van der Waals surface area contributed by atoms with Crippen molar-refractivity contribution in [3.05, 3.63) is 39.8 Å². The number of nitrogens with zero attached hydrogens (tertiary/aromatic N) is 2. The van der Waals surface area contributed by atoms with Crippen LogP contribution in [0.2, 0.25) is 5.02 Å². The molecule has 0 saturated carbocycles. The van der Waals surface area contributed by atoms with Crippen molar-refractivity contribution in [3.63, 3.8) is 0 Å². The van der Waals surface area contributed by atoms with Gasteiger partial charge in [0, 0.05) is 17.7 Å². The molecular formula is C13H16ClN3O2. The summed E-state index contributed by atoms with van der Waals surface area (Å²) >= 11 is 5.86. The van der Waals surface area contributed by atoms with Crippen LogP contribution in [-0.4, -0.2) is 27.5 Å². The van der Waals surface area contributed by atoms with Crippen LogP contribution in [0.3, 0.4) is 0 Å². The maximum Gasteiger partial charge on any atom is 0.343 e. The van der Waals surface area contributed by atoms with Crippen molar-refractivity contribution in [2.45, 2.75) is 26.0 Å². The normalized spacial score (nSPS) is 11.8. The van der Waals surface area contributed by atoms with Gasteiger partial charge < -0.3 is 4.74 Å². The summed E-state index contributed by atoms with van der Waals surface area (Å²) < 4.78 is 6.92. The number of ether oxygens (including phenoxy) is 1. The molecule has 0 amide bonds. The molecule has 0 spiro atoms. The number of hydrogen-bond donors (Lipinski definition) is 1. The molecule has 2 aromatic rings. The molecule has 19 heavy (non-hydrogen) atoms. The summed E-state index contributed by atoms with van der Waals surface area (Å²) in [5.74, 6) is 0.576. The van der Waals surface area contributed by atoms with E-state index in [9.17, 15) is 4.79 Å². The SMILES string of the molecule is COC(C)(C)Cn1c(-c2ccc(Cl)cc2)n[nH]c1=O.